The second-order valence-electron chi connectivity index (χ2n) is 5.24. The van der Waals surface area contributed by atoms with E-state index >= 15 is 0 Å². The van der Waals surface area contributed by atoms with E-state index in [1.807, 2.05) is 27.7 Å². The predicted octanol–water partition coefficient (Wildman–Crippen LogP) is 1.88. The predicted molar refractivity (Wildman–Crippen MR) is 69.4 cm³/mol. The van der Waals surface area contributed by atoms with Crippen LogP contribution in [0.15, 0.2) is 0 Å². The van der Waals surface area contributed by atoms with Crippen LogP contribution in [0.2, 0.25) is 0 Å². The molecule has 1 heterocycles. The molecule has 1 fully saturated rings. The molecule has 1 N–H and O–H groups in total. The van der Waals surface area contributed by atoms with Gasteiger partial charge in [-0.25, -0.2) is 4.79 Å². The highest BCUT2D eigenvalue weighted by atomic mass is 16.4. The molecule has 0 aromatic carbocycles. The van der Waals surface area contributed by atoms with Crippen LogP contribution in [0.25, 0.3) is 0 Å². The summed E-state index contributed by atoms with van der Waals surface area (Å²) < 4.78 is 0. The van der Waals surface area contributed by atoms with Gasteiger partial charge in [-0.3, -0.25) is 4.79 Å². The minimum Gasteiger partial charge on any atom is -0.481 e. The Kier molecular flexibility index (Phi) is 4.59. The lowest BCUT2D eigenvalue weighted by atomic mass is 9.76. The van der Waals surface area contributed by atoms with Crippen LogP contribution >= 0.6 is 0 Å². The van der Waals surface area contributed by atoms with Crippen molar-refractivity contribution in [2.75, 3.05) is 26.2 Å². The number of carboxylic acid groups (broad SMARTS) is 1. The highest BCUT2D eigenvalue weighted by Gasteiger charge is 2.48. The van der Waals surface area contributed by atoms with Crippen LogP contribution in [0.1, 0.15) is 34.1 Å². The first-order valence-corrected chi connectivity index (χ1v) is 6.66. The number of carboxylic acids is 1. The number of hydrogen-bond acceptors (Lipinski definition) is 2. The fourth-order valence-corrected chi connectivity index (χ4v) is 2.58. The highest BCUT2D eigenvalue weighted by molar-refractivity contribution is 5.80. The van der Waals surface area contributed by atoms with E-state index in [4.69, 9.17) is 0 Å². The standard InChI is InChI=1S/C13H24N2O3/c1-5-14(6-2)12(18)15-8-7-13(9-15,10(3)4)11(16)17/h10H,5-9H2,1-4H3,(H,16,17). The van der Waals surface area contributed by atoms with Gasteiger partial charge < -0.3 is 14.9 Å². The third-order valence-electron chi connectivity index (χ3n) is 4.14. The molecule has 5 heteroatoms. The number of carbonyl (C=O) groups is 2. The maximum Gasteiger partial charge on any atom is 0.320 e. The van der Waals surface area contributed by atoms with Gasteiger partial charge in [-0.15, -0.1) is 0 Å². The molecule has 18 heavy (non-hydrogen) atoms. The van der Waals surface area contributed by atoms with Gasteiger partial charge in [-0.2, -0.15) is 0 Å². The Bertz CT molecular complexity index is 326. The lowest BCUT2D eigenvalue weighted by Crippen LogP contribution is -2.45. The van der Waals surface area contributed by atoms with Crippen LogP contribution in [0.5, 0.6) is 0 Å². The topological polar surface area (TPSA) is 60.9 Å². The van der Waals surface area contributed by atoms with Crippen LogP contribution in [0.3, 0.4) is 0 Å². The van der Waals surface area contributed by atoms with Crippen LogP contribution in [0.4, 0.5) is 4.79 Å². The zero-order valence-electron chi connectivity index (χ0n) is 11.8. The van der Waals surface area contributed by atoms with E-state index in [0.717, 1.165) is 0 Å². The van der Waals surface area contributed by atoms with Gasteiger partial charge in [0.1, 0.15) is 0 Å². The zero-order valence-corrected chi connectivity index (χ0v) is 11.8. The maximum absolute atomic E-state index is 12.2. The SMILES string of the molecule is CCN(CC)C(=O)N1CCC(C(=O)O)(C(C)C)C1. The van der Waals surface area contributed by atoms with Crippen molar-refractivity contribution in [3.63, 3.8) is 0 Å². The summed E-state index contributed by atoms with van der Waals surface area (Å²) in [5, 5.41) is 9.44. The fraction of sp³-hybridized carbons (Fsp3) is 0.846. The van der Waals surface area contributed by atoms with Gasteiger partial charge in [0.05, 0.1) is 5.41 Å². The van der Waals surface area contributed by atoms with E-state index in [9.17, 15) is 14.7 Å². The van der Waals surface area contributed by atoms with Gasteiger partial charge in [0, 0.05) is 26.2 Å². The highest BCUT2D eigenvalue weighted by Crippen LogP contribution is 2.38. The summed E-state index contributed by atoms with van der Waals surface area (Å²) in [6.07, 6.45) is 0.549. The van der Waals surface area contributed by atoms with E-state index in [1.165, 1.54) is 0 Å². The number of rotatable bonds is 4. The number of amides is 2. The molecule has 1 rings (SSSR count). The second kappa shape index (κ2) is 5.59. The molecule has 104 valence electrons. The molecule has 0 saturated carbocycles. The first-order valence-electron chi connectivity index (χ1n) is 6.66. The maximum atomic E-state index is 12.2. The van der Waals surface area contributed by atoms with E-state index in [1.54, 1.807) is 9.80 Å². The number of urea groups is 1. The molecule has 0 spiro atoms. The number of aliphatic carboxylic acids is 1. The smallest absolute Gasteiger partial charge is 0.320 e. The van der Waals surface area contributed by atoms with Gasteiger partial charge in [0.2, 0.25) is 0 Å². The monoisotopic (exact) mass is 256 g/mol. The van der Waals surface area contributed by atoms with E-state index in [0.29, 0.717) is 32.6 Å². The minimum absolute atomic E-state index is 0.0319. The molecule has 0 radical (unpaired) electrons. The summed E-state index contributed by atoms with van der Waals surface area (Å²) in [5.74, 6) is -0.753. The number of likely N-dealkylation sites (tertiary alicyclic amines) is 1. The molecule has 1 atom stereocenters. The third-order valence-corrected chi connectivity index (χ3v) is 4.14. The van der Waals surface area contributed by atoms with Crippen LogP contribution < -0.4 is 0 Å². The Labute approximate surface area is 109 Å². The van der Waals surface area contributed by atoms with Crippen LogP contribution in [-0.4, -0.2) is 53.1 Å². The summed E-state index contributed by atoms with van der Waals surface area (Å²) in [5.41, 5.74) is -0.775. The van der Waals surface area contributed by atoms with Gasteiger partial charge in [0.15, 0.2) is 0 Å². The first kappa shape index (κ1) is 14.8. The Hall–Kier alpha value is -1.26. The molecule has 0 bridgehead atoms. The van der Waals surface area contributed by atoms with Crippen LogP contribution in [0, 0.1) is 11.3 Å². The van der Waals surface area contributed by atoms with Crippen molar-refractivity contribution < 1.29 is 14.7 Å². The summed E-state index contributed by atoms with van der Waals surface area (Å²) in [6, 6.07) is -0.0382. The molecule has 0 aromatic rings. The van der Waals surface area contributed by atoms with Crippen molar-refractivity contribution in [2.24, 2.45) is 11.3 Å². The molecular weight excluding hydrogens is 232 g/mol. The molecule has 1 aliphatic rings. The molecule has 1 unspecified atom stereocenters. The molecule has 2 amide bonds. The largest absolute Gasteiger partial charge is 0.481 e. The number of nitrogens with zero attached hydrogens (tertiary/aromatic N) is 2. The Morgan fingerprint density at radius 2 is 1.89 bits per heavy atom. The van der Waals surface area contributed by atoms with Gasteiger partial charge in [0.25, 0.3) is 0 Å². The van der Waals surface area contributed by atoms with E-state index in [2.05, 4.69) is 0 Å². The molecule has 1 aliphatic heterocycles. The lowest BCUT2D eigenvalue weighted by Gasteiger charge is -2.30. The minimum atomic E-state index is -0.785. The zero-order chi connectivity index (χ0) is 13.9. The molecule has 0 aromatic heterocycles. The van der Waals surface area contributed by atoms with Crippen molar-refractivity contribution in [1.82, 2.24) is 9.80 Å². The third kappa shape index (κ3) is 2.44. The average molecular weight is 256 g/mol. The average Bonchev–Trinajstić information content (AvgIpc) is 2.76. The summed E-state index contributed by atoms with van der Waals surface area (Å²) >= 11 is 0. The summed E-state index contributed by atoms with van der Waals surface area (Å²) in [7, 11) is 0. The van der Waals surface area contributed by atoms with E-state index < -0.39 is 11.4 Å². The Balaban J connectivity index is 2.81. The van der Waals surface area contributed by atoms with Gasteiger partial charge >= 0.3 is 12.0 Å². The van der Waals surface area contributed by atoms with Crippen molar-refractivity contribution in [3.8, 4) is 0 Å². The van der Waals surface area contributed by atoms with Crippen molar-refractivity contribution in [3.05, 3.63) is 0 Å². The number of carbonyl (C=O) groups excluding carboxylic acids is 1. The Morgan fingerprint density at radius 3 is 2.22 bits per heavy atom. The first-order chi connectivity index (χ1) is 8.39. The quantitative estimate of drug-likeness (QED) is 0.835. The molecule has 5 nitrogen and oxygen atoms in total. The van der Waals surface area contributed by atoms with Gasteiger partial charge in [-0.1, -0.05) is 13.8 Å². The van der Waals surface area contributed by atoms with Gasteiger partial charge in [-0.05, 0) is 26.2 Å². The normalized spacial score (nSPS) is 23.5. The molecule has 1 saturated heterocycles. The summed E-state index contributed by atoms with van der Waals surface area (Å²) in [4.78, 5) is 27.1. The molecule has 0 aliphatic carbocycles. The fourth-order valence-electron chi connectivity index (χ4n) is 2.58. The van der Waals surface area contributed by atoms with Crippen molar-refractivity contribution in [2.45, 2.75) is 34.1 Å². The molecular formula is C13H24N2O3. The van der Waals surface area contributed by atoms with Crippen molar-refractivity contribution in [1.29, 1.82) is 0 Å². The second-order valence-corrected chi connectivity index (χ2v) is 5.24. The number of hydrogen-bond donors (Lipinski definition) is 1. The Morgan fingerprint density at radius 1 is 1.33 bits per heavy atom. The lowest BCUT2D eigenvalue weighted by molar-refractivity contribution is -0.150. The van der Waals surface area contributed by atoms with E-state index in [-0.39, 0.29) is 11.9 Å². The summed E-state index contributed by atoms with van der Waals surface area (Å²) in [6.45, 7) is 9.89. The van der Waals surface area contributed by atoms with Crippen LogP contribution in [-0.2, 0) is 4.79 Å². The van der Waals surface area contributed by atoms with Crippen molar-refractivity contribution >= 4 is 12.0 Å².